The molecule has 0 radical (unpaired) electrons. The fraction of sp³-hybridized carbons (Fsp3) is 0.500. The first-order chi connectivity index (χ1) is 15.6. The Morgan fingerprint density at radius 3 is 2.62 bits per heavy atom. The van der Waals surface area contributed by atoms with Crippen LogP contribution in [0.25, 0.3) is 0 Å². The highest BCUT2D eigenvalue weighted by Gasteiger charge is 2.44. The van der Waals surface area contributed by atoms with Gasteiger partial charge < -0.3 is 19.1 Å². The molecule has 2 aliphatic rings. The Kier molecular flexibility index (Phi) is 7.20. The van der Waals surface area contributed by atoms with Crippen LogP contribution in [0.3, 0.4) is 0 Å². The Morgan fingerprint density at radius 1 is 1.12 bits per heavy atom. The standard InChI is InChI=1S/C26H34N2O4/c1-3-31-25(29)26(18-20-9-5-4-6-10-20)19-28(16-15-27-26)21-13-14-23(30-2)24(17-21)32-22-11-7-8-12-22/h4-6,9-10,13-14,17,22,27H,3,7-8,11-12,15-16,18-19H2,1-2H3. The Labute approximate surface area is 190 Å². The van der Waals surface area contributed by atoms with Crippen molar-refractivity contribution in [3.05, 3.63) is 54.1 Å². The maximum absolute atomic E-state index is 13.1. The van der Waals surface area contributed by atoms with Crippen molar-refractivity contribution in [1.29, 1.82) is 0 Å². The van der Waals surface area contributed by atoms with Gasteiger partial charge in [0.25, 0.3) is 0 Å². The lowest BCUT2D eigenvalue weighted by atomic mass is 9.88. The van der Waals surface area contributed by atoms with E-state index in [4.69, 9.17) is 14.2 Å². The van der Waals surface area contributed by atoms with E-state index in [-0.39, 0.29) is 12.1 Å². The SMILES string of the molecule is CCOC(=O)C1(Cc2ccccc2)CN(c2ccc(OC)c(OC3CCCC3)c2)CCN1. The molecule has 1 atom stereocenters. The summed E-state index contributed by atoms with van der Waals surface area (Å²) in [5.41, 5.74) is 1.33. The molecule has 0 bridgehead atoms. The van der Waals surface area contributed by atoms with Gasteiger partial charge in [0.2, 0.25) is 0 Å². The Bertz CT molecular complexity index is 898. The summed E-state index contributed by atoms with van der Waals surface area (Å²) in [5.74, 6) is 1.32. The number of nitrogens with zero attached hydrogens (tertiary/aromatic N) is 1. The van der Waals surface area contributed by atoms with Crippen LogP contribution in [-0.4, -0.2) is 51.0 Å². The molecular formula is C26H34N2O4. The maximum Gasteiger partial charge on any atom is 0.328 e. The topological polar surface area (TPSA) is 60.0 Å². The normalized spacial score (nSPS) is 21.4. The quantitative estimate of drug-likeness (QED) is 0.630. The van der Waals surface area contributed by atoms with Crippen molar-refractivity contribution >= 4 is 11.7 Å². The average molecular weight is 439 g/mol. The van der Waals surface area contributed by atoms with Crippen LogP contribution in [0.2, 0.25) is 0 Å². The molecule has 1 aliphatic heterocycles. The Balaban J connectivity index is 1.59. The molecule has 2 aromatic carbocycles. The number of piperazine rings is 1. The van der Waals surface area contributed by atoms with Crippen LogP contribution in [0.5, 0.6) is 11.5 Å². The number of carbonyl (C=O) groups excluding carboxylic acids is 1. The smallest absolute Gasteiger partial charge is 0.328 e. The van der Waals surface area contributed by atoms with Crippen molar-refractivity contribution in [2.45, 2.75) is 50.7 Å². The zero-order chi connectivity index (χ0) is 22.4. The highest BCUT2D eigenvalue weighted by atomic mass is 16.5. The number of anilines is 1. The third kappa shape index (κ3) is 5.01. The number of hydrogen-bond donors (Lipinski definition) is 1. The Hall–Kier alpha value is -2.73. The van der Waals surface area contributed by atoms with Crippen LogP contribution >= 0.6 is 0 Å². The van der Waals surface area contributed by atoms with Crippen molar-refractivity contribution < 1.29 is 19.0 Å². The fourth-order valence-electron chi connectivity index (χ4n) is 4.79. The van der Waals surface area contributed by atoms with E-state index in [2.05, 4.69) is 28.4 Å². The fourth-order valence-corrected chi connectivity index (χ4v) is 4.79. The van der Waals surface area contributed by atoms with Crippen LogP contribution in [0.15, 0.2) is 48.5 Å². The number of esters is 1. The zero-order valence-corrected chi connectivity index (χ0v) is 19.1. The summed E-state index contributed by atoms with van der Waals surface area (Å²) in [6.45, 7) is 4.22. The van der Waals surface area contributed by atoms with Crippen molar-refractivity contribution in [3.63, 3.8) is 0 Å². The highest BCUT2D eigenvalue weighted by Crippen LogP contribution is 2.36. The lowest BCUT2D eigenvalue weighted by molar-refractivity contribution is -0.151. The van der Waals surface area contributed by atoms with E-state index in [1.54, 1.807) is 7.11 Å². The number of benzene rings is 2. The molecule has 1 aliphatic carbocycles. The van der Waals surface area contributed by atoms with Crippen molar-refractivity contribution in [3.8, 4) is 11.5 Å². The summed E-state index contributed by atoms with van der Waals surface area (Å²) in [5, 5.41) is 3.49. The number of rotatable bonds is 8. The van der Waals surface area contributed by atoms with E-state index in [0.29, 0.717) is 26.1 Å². The van der Waals surface area contributed by atoms with Gasteiger partial charge in [0.15, 0.2) is 11.5 Å². The molecule has 1 saturated carbocycles. The second kappa shape index (κ2) is 10.3. The van der Waals surface area contributed by atoms with E-state index >= 15 is 0 Å². The minimum Gasteiger partial charge on any atom is -0.493 e. The third-order valence-corrected chi connectivity index (χ3v) is 6.43. The molecule has 2 aromatic rings. The van der Waals surface area contributed by atoms with Crippen LogP contribution in [0.4, 0.5) is 5.69 Å². The van der Waals surface area contributed by atoms with Gasteiger partial charge >= 0.3 is 5.97 Å². The molecule has 6 heteroatoms. The first-order valence-corrected chi connectivity index (χ1v) is 11.7. The molecular weight excluding hydrogens is 404 g/mol. The number of hydrogen-bond acceptors (Lipinski definition) is 6. The lowest BCUT2D eigenvalue weighted by Crippen LogP contribution is -2.66. The van der Waals surface area contributed by atoms with Crippen LogP contribution in [0.1, 0.15) is 38.2 Å². The van der Waals surface area contributed by atoms with Gasteiger partial charge in [-0.1, -0.05) is 30.3 Å². The summed E-state index contributed by atoms with van der Waals surface area (Å²) < 4.78 is 17.4. The van der Waals surface area contributed by atoms with Gasteiger partial charge in [-0.25, -0.2) is 4.79 Å². The molecule has 0 aromatic heterocycles. The average Bonchev–Trinajstić information content (AvgIpc) is 3.33. The molecule has 1 unspecified atom stereocenters. The van der Waals surface area contributed by atoms with Gasteiger partial charge in [-0.3, -0.25) is 5.32 Å². The van der Waals surface area contributed by atoms with Gasteiger partial charge in [0.1, 0.15) is 5.54 Å². The van der Waals surface area contributed by atoms with E-state index in [9.17, 15) is 4.79 Å². The number of nitrogens with one attached hydrogen (secondary N) is 1. The second-order valence-corrected chi connectivity index (χ2v) is 8.67. The summed E-state index contributed by atoms with van der Waals surface area (Å²) in [4.78, 5) is 15.4. The van der Waals surface area contributed by atoms with E-state index < -0.39 is 5.54 Å². The minimum absolute atomic E-state index is 0.204. The summed E-state index contributed by atoms with van der Waals surface area (Å²) in [6, 6.07) is 16.2. The molecule has 2 fully saturated rings. The van der Waals surface area contributed by atoms with Gasteiger partial charge in [0, 0.05) is 37.8 Å². The van der Waals surface area contributed by atoms with Crippen molar-refractivity contribution in [2.24, 2.45) is 0 Å². The predicted molar refractivity (Wildman–Crippen MR) is 126 cm³/mol. The molecule has 0 amide bonds. The summed E-state index contributed by atoms with van der Waals surface area (Å²) >= 11 is 0. The lowest BCUT2D eigenvalue weighted by Gasteiger charge is -2.43. The molecule has 172 valence electrons. The number of ether oxygens (including phenoxy) is 3. The monoisotopic (exact) mass is 438 g/mol. The first-order valence-electron chi connectivity index (χ1n) is 11.7. The van der Waals surface area contributed by atoms with Crippen LogP contribution in [0, 0.1) is 0 Å². The molecule has 1 saturated heterocycles. The van der Waals surface area contributed by atoms with Crippen LogP contribution < -0.4 is 19.7 Å². The van der Waals surface area contributed by atoms with Gasteiger partial charge in [-0.15, -0.1) is 0 Å². The Morgan fingerprint density at radius 2 is 1.91 bits per heavy atom. The minimum atomic E-state index is -0.804. The molecule has 1 heterocycles. The number of methoxy groups -OCH3 is 1. The largest absolute Gasteiger partial charge is 0.493 e. The highest BCUT2D eigenvalue weighted by molar-refractivity contribution is 5.83. The zero-order valence-electron chi connectivity index (χ0n) is 19.1. The van der Waals surface area contributed by atoms with Gasteiger partial charge in [-0.05, 0) is 50.3 Å². The molecule has 0 spiro atoms. The molecule has 4 rings (SSSR count). The molecule has 6 nitrogen and oxygen atoms in total. The second-order valence-electron chi connectivity index (χ2n) is 8.67. The summed E-state index contributed by atoms with van der Waals surface area (Å²) in [7, 11) is 1.67. The van der Waals surface area contributed by atoms with E-state index in [1.165, 1.54) is 12.8 Å². The molecule has 32 heavy (non-hydrogen) atoms. The number of carbonyl (C=O) groups is 1. The van der Waals surface area contributed by atoms with Gasteiger partial charge in [-0.2, -0.15) is 0 Å². The van der Waals surface area contributed by atoms with E-state index in [1.807, 2.05) is 37.3 Å². The van der Waals surface area contributed by atoms with Gasteiger partial charge in [0.05, 0.1) is 19.8 Å². The maximum atomic E-state index is 13.1. The van der Waals surface area contributed by atoms with Crippen LogP contribution in [-0.2, 0) is 16.0 Å². The summed E-state index contributed by atoms with van der Waals surface area (Å²) in [6.07, 6.45) is 5.43. The third-order valence-electron chi connectivity index (χ3n) is 6.43. The van der Waals surface area contributed by atoms with Crippen molar-refractivity contribution in [1.82, 2.24) is 5.32 Å². The van der Waals surface area contributed by atoms with E-state index in [0.717, 1.165) is 42.1 Å². The predicted octanol–water partition coefficient (Wildman–Crippen LogP) is 3.97. The molecule has 1 N–H and O–H groups in total. The van der Waals surface area contributed by atoms with Crippen molar-refractivity contribution in [2.75, 3.05) is 38.3 Å². The first kappa shape index (κ1) is 22.5.